The zero-order valence-electron chi connectivity index (χ0n) is 15.1. The van der Waals surface area contributed by atoms with Gasteiger partial charge in [0.05, 0.1) is 17.6 Å². The van der Waals surface area contributed by atoms with Gasteiger partial charge in [-0.25, -0.2) is 4.79 Å². The fraction of sp³-hybridized carbons (Fsp3) is 0.850. The first-order valence-corrected chi connectivity index (χ1v) is 9.44. The first-order valence-electron chi connectivity index (χ1n) is 9.44. The highest BCUT2D eigenvalue weighted by molar-refractivity contribution is 5.93. The summed E-state index contributed by atoms with van der Waals surface area (Å²) in [5.74, 6) is 0.255. The van der Waals surface area contributed by atoms with Gasteiger partial charge in [0.1, 0.15) is 12.2 Å². The van der Waals surface area contributed by atoms with E-state index >= 15 is 0 Å². The number of esters is 1. The average molecular weight is 332 g/mol. The lowest BCUT2D eigenvalue weighted by Gasteiger charge is -2.64. The van der Waals surface area contributed by atoms with Crippen molar-refractivity contribution in [1.29, 1.82) is 0 Å². The first-order chi connectivity index (χ1) is 11.2. The van der Waals surface area contributed by atoms with Crippen molar-refractivity contribution < 1.29 is 19.4 Å². The molecule has 5 aliphatic rings. The number of epoxide rings is 1. The smallest absolute Gasteiger partial charge is 0.334 e. The van der Waals surface area contributed by atoms with Crippen LogP contribution in [0.15, 0.2) is 11.1 Å². The Kier molecular flexibility index (Phi) is 2.62. The van der Waals surface area contributed by atoms with E-state index in [1.54, 1.807) is 0 Å². The summed E-state index contributed by atoms with van der Waals surface area (Å²) in [4.78, 5) is 12.1. The van der Waals surface area contributed by atoms with Crippen molar-refractivity contribution in [2.24, 2.45) is 22.2 Å². The number of carbonyl (C=O) groups excluding carboxylic acids is 1. The fourth-order valence-corrected chi connectivity index (χ4v) is 7.50. The lowest BCUT2D eigenvalue weighted by molar-refractivity contribution is -0.182. The maximum absolute atomic E-state index is 12.1. The molecule has 2 saturated carbocycles. The molecule has 0 amide bonds. The van der Waals surface area contributed by atoms with E-state index in [0.717, 1.165) is 24.0 Å². The highest BCUT2D eigenvalue weighted by Crippen LogP contribution is 2.77. The minimum absolute atomic E-state index is 0.0531. The van der Waals surface area contributed by atoms with Gasteiger partial charge in [-0.2, -0.15) is 0 Å². The SMILES string of the molecule is CC1(C)CCC[C@@]2(C)C1C[C@@H](O)[C@@]1(C)C3=C(C[C@H]4O[C@@]421)C(=O)OC3. The molecule has 1 N–H and O–H groups in total. The topological polar surface area (TPSA) is 59.1 Å². The molecule has 5 rings (SSSR count). The summed E-state index contributed by atoms with van der Waals surface area (Å²) in [6.45, 7) is 9.58. The van der Waals surface area contributed by atoms with Crippen molar-refractivity contribution in [3.8, 4) is 0 Å². The molecule has 132 valence electrons. The van der Waals surface area contributed by atoms with Crippen LogP contribution in [0.25, 0.3) is 0 Å². The number of fused-ring (bicyclic) bond motifs is 2. The van der Waals surface area contributed by atoms with Crippen molar-refractivity contribution in [2.45, 2.75) is 77.6 Å². The quantitative estimate of drug-likeness (QED) is 0.547. The first kappa shape index (κ1) is 15.4. The molecule has 0 aromatic carbocycles. The third kappa shape index (κ3) is 1.37. The standard InChI is InChI=1S/C20H28O4/c1-17(2)6-5-7-18(3)13(17)9-14(21)19(4)12-10-23-16(22)11(12)8-15-20(18,19)24-15/h13-15,21H,5-10H2,1-4H3/t13?,14-,15-,18+,19-,20+/m1/s1. The van der Waals surface area contributed by atoms with Crippen LogP contribution < -0.4 is 0 Å². The predicted octanol–water partition coefficient (Wildman–Crippen LogP) is 2.98. The minimum Gasteiger partial charge on any atom is -0.458 e. The van der Waals surface area contributed by atoms with Crippen LogP contribution in [0, 0.1) is 22.2 Å². The van der Waals surface area contributed by atoms with Gasteiger partial charge in [-0.05, 0) is 36.2 Å². The molecular formula is C20H28O4. The van der Waals surface area contributed by atoms with Crippen LogP contribution in [0.4, 0.5) is 0 Å². The monoisotopic (exact) mass is 332 g/mol. The van der Waals surface area contributed by atoms with Crippen molar-refractivity contribution in [3.63, 3.8) is 0 Å². The van der Waals surface area contributed by atoms with E-state index in [-0.39, 0.29) is 28.5 Å². The summed E-state index contributed by atoms with van der Waals surface area (Å²) in [7, 11) is 0. The maximum atomic E-state index is 12.1. The normalized spacial score (nSPS) is 54.4. The summed E-state index contributed by atoms with van der Waals surface area (Å²) < 4.78 is 11.8. The van der Waals surface area contributed by atoms with Gasteiger partial charge in [0, 0.05) is 17.4 Å². The van der Waals surface area contributed by atoms with E-state index in [1.807, 2.05) is 0 Å². The van der Waals surface area contributed by atoms with Gasteiger partial charge in [-0.15, -0.1) is 0 Å². The van der Waals surface area contributed by atoms with Gasteiger partial charge >= 0.3 is 5.97 Å². The molecule has 2 aliphatic heterocycles. The van der Waals surface area contributed by atoms with Gasteiger partial charge in [-0.3, -0.25) is 0 Å². The van der Waals surface area contributed by atoms with E-state index in [1.165, 1.54) is 12.8 Å². The molecule has 2 heterocycles. The molecule has 3 fully saturated rings. The molecule has 1 unspecified atom stereocenters. The second-order valence-corrected chi connectivity index (χ2v) is 9.85. The Bertz CT molecular complexity index is 679. The molecule has 1 spiro atoms. The molecule has 0 radical (unpaired) electrons. The van der Waals surface area contributed by atoms with Crippen molar-refractivity contribution in [1.82, 2.24) is 0 Å². The fourth-order valence-electron chi connectivity index (χ4n) is 7.50. The third-order valence-electron chi connectivity index (χ3n) is 8.67. The van der Waals surface area contributed by atoms with Gasteiger partial charge in [0.15, 0.2) is 0 Å². The van der Waals surface area contributed by atoms with Gasteiger partial charge < -0.3 is 14.6 Å². The highest BCUT2D eigenvalue weighted by Gasteiger charge is 2.83. The Morgan fingerprint density at radius 2 is 1.92 bits per heavy atom. The number of rotatable bonds is 0. The molecule has 0 aromatic rings. The van der Waals surface area contributed by atoms with E-state index in [2.05, 4.69) is 27.7 Å². The molecule has 24 heavy (non-hydrogen) atoms. The molecular weight excluding hydrogens is 304 g/mol. The summed E-state index contributed by atoms with van der Waals surface area (Å²) in [6.07, 6.45) is 4.62. The number of carbonyl (C=O) groups is 1. The van der Waals surface area contributed by atoms with Gasteiger partial charge in [-0.1, -0.05) is 34.1 Å². The van der Waals surface area contributed by atoms with Gasteiger partial charge in [0.2, 0.25) is 0 Å². The third-order valence-corrected chi connectivity index (χ3v) is 8.67. The van der Waals surface area contributed by atoms with Gasteiger partial charge in [0.25, 0.3) is 0 Å². The number of aliphatic hydroxyl groups excluding tert-OH is 1. The number of aliphatic hydroxyl groups is 1. The zero-order chi connectivity index (χ0) is 17.1. The Labute approximate surface area is 143 Å². The number of hydrogen-bond donors (Lipinski definition) is 1. The Balaban J connectivity index is 1.71. The lowest BCUT2D eigenvalue weighted by Crippen LogP contribution is -2.67. The predicted molar refractivity (Wildman–Crippen MR) is 88.2 cm³/mol. The summed E-state index contributed by atoms with van der Waals surface area (Å²) in [5.41, 5.74) is 1.26. The average Bonchev–Trinajstić information content (AvgIpc) is 3.14. The second-order valence-electron chi connectivity index (χ2n) is 9.85. The van der Waals surface area contributed by atoms with Crippen LogP contribution in [-0.4, -0.2) is 35.5 Å². The molecule has 6 atom stereocenters. The van der Waals surface area contributed by atoms with Crippen LogP contribution in [0.3, 0.4) is 0 Å². The van der Waals surface area contributed by atoms with Crippen LogP contribution in [-0.2, 0) is 14.3 Å². The van der Waals surface area contributed by atoms with Crippen molar-refractivity contribution in [2.75, 3.05) is 6.61 Å². The largest absolute Gasteiger partial charge is 0.458 e. The van der Waals surface area contributed by atoms with Crippen LogP contribution in [0.1, 0.15) is 59.8 Å². The Morgan fingerprint density at radius 1 is 1.17 bits per heavy atom. The van der Waals surface area contributed by atoms with E-state index in [9.17, 15) is 9.90 Å². The van der Waals surface area contributed by atoms with Crippen LogP contribution in [0.2, 0.25) is 0 Å². The minimum atomic E-state index is -0.490. The van der Waals surface area contributed by atoms with Crippen molar-refractivity contribution >= 4 is 5.97 Å². The zero-order valence-corrected chi connectivity index (χ0v) is 15.1. The van der Waals surface area contributed by atoms with E-state index < -0.39 is 11.5 Å². The number of hydrogen-bond acceptors (Lipinski definition) is 4. The second kappa shape index (κ2) is 4.09. The molecule has 0 bridgehead atoms. The molecule has 3 aliphatic carbocycles. The molecule has 4 heteroatoms. The van der Waals surface area contributed by atoms with E-state index in [4.69, 9.17) is 9.47 Å². The highest BCUT2D eigenvalue weighted by atomic mass is 16.6. The molecule has 1 saturated heterocycles. The summed E-state index contributed by atoms with van der Waals surface area (Å²) in [5, 5.41) is 11.3. The summed E-state index contributed by atoms with van der Waals surface area (Å²) in [6, 6.07) is 0. The Morgan fingerprint density at radius 3 is 2.67 bits per heavy atom. The van der Waals surface area contributed by atoms with Crippen molar-refractivity contribution in [3.05, 3.63) is 11.1 Å². The number of ether oxygens (including phenoxy) is 2. The molecule has 4 nitrogen and oxygen atoms in total. The molecule has 0 aromatic heterocycles. The maximum Gasteiger partial charge on any atom is 0.334 e. The summed E-state index contributed by atoms with van der Waals surface area (Å²) >= 11 is 0. The Hall–Kier alpha value is -0.870. The van der Waals surface area contributed by atoms with Crippen LogP contribution in [0.5, 0.6) is 0 Å². The van der Waals surface area contributed by atoms with Crippen LogP contribution >= 0.6 is 0 Å². The number of cyclic esters (lactones) is 1. The lowest BCUT2D eigenvalue weighted by atomic mass is 9.39. The van der Waals surface area contributed by atoms with E-state index in [0.29, 0.717) is 18.9 Å².